The number of nitrogens with zero attached hydrogens (tertiary/aromatic N) is 4. The highest BCUT2D eigenvalue weighted by atomic mass is 32.1. The topological polar surface area (TPSA) is 55.5 Å². The predicted octanol–water partition coefficient (Wildman–Crippen LogP) is 4.04. The molecule has 2 fully saturated rings. The van der Waals surface area contributed by atoms with Crippen molar-refractivity contribution >= 4 is 17.4 Å². The Balaban J connectivity index is 1.13. The number of rotatable bonds is 3. The Kier molecular flexibility index (Phi) is 4.80. The van der Waals surface area contributed by atoms with Gasteiger partial charge < -0.3 is 9.80 Å². The average molecular weight is 434 g/mol. The largest absolute Gasteiger partial charge is 0.325 e. The van der Waals surface area contributed by atoms with E-state index in [4.69, 9.17) is 0 Å². The Hall–Kier alpha value is -2.64. The molecule has 0 saturated carbocycles. The minimum absolute atomic E-state index is 0.239. The number of carbonyl (C=O) groups excluding carboxylic acids is 1. The number of fused-ring (bicyclic) bond motifs is 3. The van der Waals surface area contributed by atoms with Crippen molar-refractivity contribution in [2.75, 3.05) is 39.3 Å². The molecular weight excluding hydrogens is 406 g/mol. The molecule has 2 saturated heterocycles. The molecule has 6 rings (SSSR count). The van der Waals surface area contributed by atoms with Crippen molar-refractivity contribution in [3.05, 3.63) is 51.7 Å². The number of aromatic amines is 1. The van der Waals surface area contributed by atoms with Gasteiger partial charge in [-0.1, -0.05) is 12.1 Å². The lowest BCUT2D eigenvalue weighted by Gasteiger charge is -2.36. The lowest BCUT2D eigenvalue weighted by molar-refractivity contribution is 0.115. The molecule has 1 aromatic carbocycles. The van der Waals surface area contributed by atoms with Gasteiger partial charge in [0.1, 0.15) is 0 Å². The first kappa shape index (κ1) is 19.1. The normalized spacial score (nSPS) is 18.5. The van der Waals surface area contributed by atoms with Crippen LogP contribution in [0.5, 0.6) is 0 Å². The number of thiophene rings is 1. The van der Waals surface area contributed by atoms with Crippen LogP contribution in [0.25, 0.3) is 22.5 Å². The van der Waals surface area contributed by atoms with Crippen LogP contribution in [-0.4, -0.2) is 70.2 Å². The first-order valence-corrected chi connectivity index (χ1v) is 12.2. The summed E-state index contributed by atoms with van der Waals surface area (Å²) in [7, 11) is 0. The van der Waals surface area contributed by atoms with E-state index in [1.807, 2.05) is 9.80 Å². The summed E-state index contributed by atoms with van der Waals surface area (Å²) in [6.07, 6.45) is 3.25. The molecule has 0 spiro atoms. The van der Waals surface area contributed by atoms with Crippen molar-refractivity contribution in [3.8, 4) is 22.5 Å². The molecule has 0 radical (unpaired) electrons. The number of aromatic nitrogens is 2. The second kappa shape index (κ2) is 7.80. The Morgan fingerprint density at radius 2 is 1.84 bits per heavy atom. The molecule has 1 N–H and O–H groups in total. The number of nitrogens with one attached hydrogen (secondary N) is 1. The van der Waals surface area contributed by atoms with Crippen LogP contribution >= 0.6 is 11.3 Å². The summed E-state index contributed by atoms with van der Waals surface area (Å²) >= 11 is 1.71. The van der Waals surface area contributed by atoms with Crippen LogP contribution < -0.4 is 0 Å². The zero-order valence-electron chi connectivity index (χ0n) is 17.6. The highest BCUT2D eigenvalue weighted by Gasteiger charge is 2.28. The summed E-state index contributed by atoms with van der Waals surface area (Å²) in [5, 5.41) is 12.2. The van der Waals surface area contributed by atoms with Gasteiger partial charge in [0.2, 0.25) is 0 Å². The molecule has 0 atom stereocenters. The SMILES string of the molecule is O=C(N1CCCC1)N1CCN(Cc2ccc3c(c2)-c2[nH]nc(-c4ccsc4)c2C3)CC1. The summed E-state index contributed by atoms with van der Waals surface area (Å²) in [4.78, 5) is 19.1. The lowest BCUT2D eigenvalue weighted by atomic mass is 10.0. The van der Waals surface area contributed by atoms with Gasteiger partial charge in [-0.2, -0.15) is 16.4 Å². The molecule has 2 aromatic heterocycles. The van der Waals surface area contributed by atoms with Crippen molar-refractivity contribution in [2.24, 2.45) is 0 Å². The summed E-state index contributed by atoms with van der Waals surface area (Å²) in [5.74, 6) is 0. The van der Waals surface area contributed by atoms with Gasteiger partial charge in [-0.15, -0.1) is 0 Å². The minimum atomic E-state index is 0.239. The smallest absolute Gasteiger partial charge is 0.320 e. The summed E-state index contributed by atoms with van der Waals surface area (Å²) in [6.45, 7) is 6.32. The van der Waals surface area contributed by atoms with Crippen molar-refractivity contribution in [1.29, 1.82) is 0 Å². The molecule has 1 aliphatic carbocycles. The van der Waals surface area contributed by atoms with Gasteiger partial charge in [0.25, 0.3) is 0 Å². The number of amides is 2. The fourth-order valence-corrected chi connectivity index (χ4v) is 5.80. The molecule has 2 amide bonds. The zero-order chi connectivity index (χ0) is 20.8. The van der Waals surface area contributed by atoms with E-state index >= 15 is 0 Å². The predicted molar refractivity (Wildman–Crippen MR) is 123 cm³/mol. The molecule has 3 aliphatic rings. The summed E-state index contributed by atoms with van der Waals surface area (Å²) < 4.78 is 0. The van der Waals surface area contributed by atoms with Crippen LogP contribution in [0.15, 0.2) is 35.0 Å². The van der Waals surface area contributed by atoms with Gasteiger partial charge in [-0.05, 0) is 41.5 Å². The number of hydrogen-bond acceptors (Lipinski definition) is 4. The van der Waals surface area contributed by atoms with E-state index < -0.39 is 0 Å². The fourth-order valence-electron chi connectivity index (χ4n) is 5.16. The average Bonchev–Trinajstić information content (AvgIpc) is 3.59. The molecule has 160 valence electrons. The molecular formula is C24H27N5OS. The fraction of sp³-hybridized carbons (Fsp3) is 0.417. The van der Waals surface area contributed by atoms with Gasteiger partial charge >= 0.3 is 6.03 Å². The van der Waals surface area contributed by atoms with E-state index in [0.717, 1.165) is 70.8 Å². The van der Waals surface area contributed by atoms with Crippen molar-refractivity contribution in [3.63, 3.8) is 0 Å². The Morgan fingerprint density at radius 1 is 1.03 bits per heavy atom. The molecule has 7 heteroatoms. The lowest BCUT2D eigenvalue weighted by Crippen LogP contribution is -2.52. The van der Waals surface area contributed by atoms with Gasteiger partial charge in [0.05, 0.1) is 11.4 Å². The highest BCUT2D eigenvalue weighted by Crippen LogP contribution is 2.40. The quantitative estimate of drug-likeness (QED) is 0.530. The molecule has 2 aliphatic heterocycles. The van der Waals surface area contributed by atoms with Crippen LogP contribution in [0.1, 0.15) is 29.5 Å². The van der Waals surface area contributed by atoms with Gasteiger partial charge in [0, 0.05) is 74.3 Å². The number of H-pyrrole nitrogens is 1. The standard InChI is InChI=1S/C24H27N5OS/c30-24(28-6-1-2-7-28)29-10-8-27(9-11-29)15-17-3-4-18-14-21-22(19-5-12-31-16-19)25-26-23(21)20(18)13-17/h3-5,12-13,16H,1-2,6-11,14-15H2,(H,25,26). The molecule has 3 aromatic rings. The van der Waals surface area contributed by atoms with Crippen LogP contribution in [0, 0.1) is 0 Å². The summed E-state index contributed by atoms with van der Waals surface area (Å²) in [6, 6.07) is 9.26. The molecule has 0 bridgehead atoms. The third-order valence-corrected chi connectivity index (χ3v) is 7.58. The molecule has 6 nitrogen and oxygen atoms in total. The van der Waals surface area contributed by atoms with Crippen molar-refractivity contribution in [1.82, 2.24) is 24.9 Å². The molecule has 31 heavy (non-hydrogen) atoms. The van der Waals surface area contributed by atoms with Gasteiger partial charge in [-0.3, -0.25) is 10.00 Å². The number of carbonyl (C=O) groups is 1. The first-order valence-electron chi connectivity index (χ1n) is 11.2. The number of likely N-dealkylation sites (tertiary alicyclic amines) is 1. The maximum absolute atomic E-state index is 12.6. The molecule has 0 unspecified atom stereocenters. The Bertz CT molecular complexity index is 1090. The Morgan fingerprint density at radius 3 is 2.61 bits per heavy atom. The Labute approximate surface area is 186 Å². The van der Waals surface area contributed by atoms with E-state index in [-0.39, 0.29) is 6.03 Å². The van der Waals surface area contributed by atoms with Gasteiger partial charge in [-0.25, -0.2) is 4.79 Å². The van der Waals surface area contributed by atoms with Crippen molar-refractivity contribution in [2.45, 2.75) is 25.8 Å². The number of benzene rings is 1. The number of hydrogen-bond donors (Lipinski definition) is 1. The van der Waals surface area contributed by atoms with E-state index in [0.29, 0.717) is 0 Å². The van der Waals surface area contributed by atoms with Gasteiger partial charge in [0.15, 0.2) is 0 Å². The first-order chi connectivity index (χ1) is 15.3. The van der Waals surface area contributed by atoms with Crippen molar-refractivity contribution < 1.29 is 4.79 Å². The van der Waals surface area contributed by atoms with E-state index in [9.17, 15) is 4.79 Å². The maximum Gasteiger partial charge on any atom is 0.320 e. The van der Waals surface area contributed by atoms with Crippen LogP contribution in [0.2, 0.25) is 0 Å². The highest BCUT2D eigenvalue weighted by molar-refractivity contribution is 7.08. The maximum atomic E-state index is 12.6. The van der Waals surface area contributed by atoms with Crippen LogP contribution in [0.4, 0.5) is 4.79 Å². The van der Waals surface area contributed by atoms with E-state index in [1.165, 1.54) is 33.5 Å². The van der Waals surface area contributed by atoms with E-state index in [1.54, 1.807) is 11.3 Å². The number of piperazine rings is 1. The second-order valence-electron chi connectivity index (χ2n) is 8.85. The van der Waals surface area contributed by atoms with E-state index in [2.05, 4.69) is 50.1 Å². The second-order valence-corrected chi connectivity index (χ2v) is 9.63. The zero-order valence-corrected chi connectivity index (χ0v) is 18.5. The molecule has 4 heterocycles. The third-order valence-electron chi connectivity index (χ3n) is 6.90. The summed E-state index contributed by atoms with van der Waals surface area (Å²) in [5.41, 5.74) is 8.80. The van der Waals surface area contributed by atoms with Crippen LogP contribution in [-0.2, 0) is 13.0 Å². The number of urea groups is 1. The van der Waals surface area contributed by atoms with Crippen LogP contribution in [0.3, 0.4) is 0 Å². The third kappa shape index (κ3) is 3.46. The minimum Gasteiger partial charge on any atom is -0.325 e. The monoisotopic (exact) mass is 433 g/mol.